The summed E-state index contributed by atoms with van der Waals surface area (Å²) in [5.41, 5.74) is 5.02. The van der Waals surface area contributed by atoms with Crippen LogP contribution in [0.1, 0.15) is 52.4 Å². The van der Waals surface area contributed by atoms with Gasteiger partial charge in [0.2, 0.25) is 11.8 Å². The molecule has 0 spiro atoms. The molecule has 0 aliphatic heterocycles. The summed E-state index contributed by atoms with van der Waals surface area (Å²) in [5, 5.41) is 2.47. The average molecular weight is 272 g/mol. The molecule has 3 N–H and O–H groups in total. The molecule has 2 amide bonds. The number of esters is 1. The Labute approximate surface area is 114 Å². The molecule has 6 heteroatoms. The van der Waals surface area contributed by atoms with Crippen molar-refractivity contribution in [1.82, 2.24) is 5.32 Å². The molecule has 0 aromatic rings. The molecule has 0 saturated heterocycles. The van der Waals surface area contributed by atoms with E-state index in [1.165, 1.54) is 6.92 Å². The lowest BCUT2D eigenvalue weighted by Crippen LogP contribution is -2.41. The number of ether oxygens (including phenoxy) is 1. The summed E-state index contributed by atoms with van der Waals surface area (Å²) in [6, 6.07) is -0.795. The second-order valence-corrected chi connectivity index (χ2v) is 4.49. The van der Waals surface area contributed by atoms with Crippen LogP contribution in [0.4, 0.5) is 0 Å². The molecule has 0 aliphatic carbocycles. The van der Waals surface area contributed by atoms with Crippen LogP contribution in [0.25, 0.3) is 0 Å². The number of rotatable bonds is 10. The highest BCUT2D eigenvalue weighted by atomic mass is 16.5. The normalized spacial score (nSPS) is 11.7. The number of carbonyl (C=O) groups excluding carboxylic acids is 3. The zero-order valence-corrected chi connectivity index (χ0v) is 11.7. The highest BCUT2D eigenvalue weighted by molar-refractivity contribution is 5.84. The number of hydrogen-bond acceptors (Lipinski definition) is 4. The van der Waals surface area contributed by atoms with Gasteiger partial charge >= 0.3 is 5.97 Å². The Kier molecular flexibility index (Phi) is 9.48. The van der Waals surface area contributed by atoms with Crippen LogP contribution in [0.15, 0.2) is 0 Å². The van der Waals surface area contributed by atoms with Crippen molar-refractivity contribution in [2.75, 3.05) is 6.61 Å². The zero-order chi connectivity index (χ0) is 14.7. The minimum Gasteiger partial charge on any atom is -0.464 e. The quantitative estimate of drug-likeness (QED) is 0.455. The monoisotopic (exact) mass is 272 g/mol. The van der Waals surface area contributed by atoms with Crippen LogP contribution in [-0.4, -0.2) is 30.4 Å². The average Bonchev–Trinajstić information content (AvgIpc) is 2.33. The first kappa shape index (κ1) is 17.4. The summed E-state index contributed by atoms with van der Waals surface area (Å²) in [7, 11) is 0. The second kappa shape index (κ2) is 10.3. The lowest BCUT2D eigenvalue weighted by atomic mass is 10.1. The van der Waals surface area contributed by atoms with E-state index >= 15 is 0 Å². The number of hydrogen-bond donors (Lipinski definition) is 2. The van der Waals surface area contributed by atoms with Crippen LogP contribution >= 0.6 is 0 Å². The number of primary amides is 1. The first-order chi connectivity index (χ1) is 8.97. The van der Waals surface area contributed by atoms with E-state index in [4.69, 9.17) is 10.5 Å². The maximum Gasteiger partial charge on any atom is 0.328 e. The van der Waals surface area contributed by atoms with Crippen LogP contribution < -0.4 is 11.1 Å². The second-order valence-electron chi connectivity index (χ2n) is 4.49. The van der Waals surface area contributed by atoms with Crippen molar-refractivity contribution < 1.29 is 19.1 Å². The third-order valence-corrected chi connectivity index (χ3v) is 2.58. The number of unbranched alkanes of at least 4 members (excludes halogenated alkanes) is 3. The summed E-state index contributed by atoms with van der Waals surface area (Å²) in [6.07, 6.45) is 4.24. The number of nitrogens with one attached hydrogen (secondary N) is 1. The molecule has 0 aliphatic rings. The van der Waals surface area contributed by atoms with E-state index in [1.54, 1.807) is 0 Å². The van der Waals surface area contributed by atoms with Crippen molar-refractivity contribution in [2.24, 2.45) is 5.73 Å². The predicted octanol–water partition coefficient (Wildman–Crippen LogP) is 0.880. The van der Waals surface area contributed by atoms with E-state index in [1.807, 2.05) is 0 Å². The van der Waals surface area contributed by atoms with Gasteiger partial charge in [0.25, 0.3) is 0 Å². The van der Waals surface area contributed by atoms with Gasteiger partial charge in [-0.1, -0.05) is 26.2 Å². The van der Waals surface area contributed by atoms with Gasteiger partial charge in [-0.25, -0.2) is 4.79 Å². The van der Waals surface area contributed by atoms with Gasteiger partial charge in [0.15, 0.2) is 0 Å². The van der Waals surface area contributed by atoms with E-state index in [0.717, 1.165) is 25.7 Å². The topological polar surface area (TPSA) is 98.5 Å². The molecule has 0 saturated carbocycles. The Morgan fingerprint density at radius 2 is 1.89 bits per heavy atom. The number of amides is 2. The Morgan fingerprint density at radius 3 is 2.42 bits per heavy atom. The van der Waals surface area contributed by atoms with Crippen molar-refractivity contribution in [3.05, 3.63) is 0 Å². The van der Waals surface area contributed by atoms with Crippen LogP contribution in [0.5, 0.6) is 0 Å². The van der Waals surface area contributed by atoms with E-state index in [9.17, 15) is 14.4 Å². The fourth-order valence-electron chi connectivity index (χ4n) is 1.58. The summed E-state index contributed by atoms with van der Waals surface area (Å²) >= 11 is 0. The van der Waals surface area contributed by atoms with Gasteiger partial charge in [0.1, 0.15) is 6.04 Å². The minimum absolute atomic E-state index is 0.0376. The third-order valence-electron chi connectivity index (χ3n) is 2.58. The molecule has 0 aromatic heterocycles. The summed E-state index contributed by atoms with van der Waals surface area (Å²) in [4.78, 5) is 33.4. The van der Waals surface area contributed by atoms with Crippen molar-refractivity contribution in [2.45, 2.75) is 58.4 Å². The Hall–Kier alpha value is -1.59. The molecule has 110 valence electrons. The molecule has 0 aromatic carbocycles. The van der Waals surface area contributed by atoms with Crippen molar-refractivity contribution >= 4 is 17.8 Å². The fraction of sp³-hybridized carbons (Fsp3) is 0.769. The van der Waals surface area contributed by atoms with Crippen LogP contribution in [-0.2, 0) is 19.1 Å². The van der Waals surface area contributed by atoms with Crippen molar-refractivity contribution in [3.63, 3.8) is 0 Å². The molecular weight excluding hydrogens is 248 g/mol. The molecule has 0 rings (SSSR count). The maximum absolute atomic E-state index is 11.7. The van der Waals surface area contributed by atoms with Gasteiger partial charge in [-0.3, -0.25) is 9.59 Å². The lowest BCUT2D eigenvalue weighted by molar-refractivity contribution is -0.148. The standard InChI is InChI=1S/C13H24N2O4/c1-3-4-5-6-9-19-13(18)11(15-10(2)16)7-8-12(14)17/h11H,3-9H2,1-2H3,(H2,14,17)(H,15,16). The van der Waals surface area contributed by atoms with E-state index in [-0.39, 0.29) is 18.7 Å². The Balaban J connectivity index is 4.06. The zero-order valence-electron chi connectivity index (χ0n) is 11.7. The first-order valence-corrected chi connectivity index (χ1v) is 6.69. The molecule has 0 heterocycles. The van der Waals surface area contributed by atoms with Gasteiger partial charge in [-0.05, 0) is 12.8 Å². The smallest absolute Gasteiger partial charge is 0.328 e. The van der Waals surface area contributed by atoms with Crippen LogP contribution in [0, 0.1) is 0 Å². The number of carbonyl (C=O) groups is 3. The summed E-state index contributed by atoms with van der Waals surface area (Å²) in [6.45, 7) is 3.75. The predicted molar refractivity (Wildman–Crippen MR) is 71.1 cm³/mol. The SMILES string of the molecule is CCCCCCOC(=O)C(CCC(N)=O)NC(C)=O. The molecule has 1 unspecified atom stereocenters. The van der Waals surface area contributed by atoms with Gasteiger partial charge in [-0.2, -0.15) is 0 Å². The van der Waals surface area contributed by atoms with E-state index in [2.05, 4.69) is 12.2 Å². The van der Waals surface area contributed by atoms with Crippen molar-refractivity contribution in [1.29, 1.82) is 0 Å². The van der Waals surface area contributed by atoms with E-state index < -0.39 is 17.9 Å². The van der Waals surface area contributed by atoms with E-state index in [0.29, 0.717) is 6.61 Å². The first-order valence-electron chi connectivity index (χ1n) is 6.69. The van der Waals surface area contributed by atoms with Gasteiger partial charge in [-0.15, -0.1) is 0 Å². The fourth-order valence-corrected chi connectivity index (χ4v) is 1.58. The van der Waals surface area contributed by atoms with Gasteiger partial charge < -0.3 is 15.8 Å². The van der Waals surface area contributed by atoms with Crippen LogP contribution in [0.3, 0.4) is 0 Å². The summed E-state index contributed by atoms with van der Waals surface area (Å²) in [5.74, 6) is -1.35. The maximum atomic E-state index is 11.7. The molecule has 6 nitrogen and oxygen atoms in total. The van der Waals surface area contributed by atoms with Crippen LogP contribution in [0.2, 0.25) is 0 Å². The highest BCUT2D eigenvalue weighted by Crippen LogP contribution is 2.03. The molecule has 0 radical (unpaired) electrons. The molecule has 19 heavy (non-hydrogen) atoms. The van der Waals surface area contributed by atoms with Gasteiger partial charge in [0, 0.05) is 13.3 Å². The molecule has 0 bridgehead atoms. The largest absolute Gasteiger partial charge is 0.464 e. The van der Waals surface area contributed by atoms with Gasteiger partial charge in [0.05, 0.1) is 6.61 Å². The highest BCUT2D eigenvalue weighted by Gasteiger charge is 2.21. The third kappa shape index (κ3) is 10.1. The van der Waals surface area contributed by atoms with Crippen molar-refractivity contribution in [3.8, 4) is 0 Å². The molecular formula is C13H24N2O4. The summed E-state index contributed by atoms with van der Waals surface area (Å²) < 4.78 is 5.08. The molecule has 1 atom stereocenters. The Bertz CT molecular complexity index is 305. The molecule has 0 fully saturated rings. The number of nitrogens with two attached hydrogens (primary N) is 1. The minimum atomic E-state index is -0.795. The Morgan fingerprint density at radius 1 is 1.21 bits per heavy atom. The lowest BCUT2D eigenvalue weighted by Gasteiger charge is -2.16.